The summed E-state index contributed by atoms with van der Waals surface area (Å²) in [4.78, 5) is 0. The Morgan fingerprint density at radius 3 is 0.736 bits per heavy atom. The quantitative estimate of drug-likeness (QED) is 0.0369. The maximum Gasteiger partial charge on any atom is 0.391 e. The number of nitrogens with one attached hydrogen (secondary N) is 6. The van der Waals surface area contributed by atoms with Crippen LogP contribution >= 0.6 is 30.2 Å². The molecule has 0 saturated carbocycles. The van der Waals surface area contributed by atoms with Gasteiger partial charge in [-0.2, -0.15) is 0 Å². The summed E-state index contributed by atoms with van der Waals surface area (Å²) in [6.45, 7) is 23.3. The average Bonchev–Trinajstić information content (AvgIpc) is 3.17. The molecule has 0 saturated heterocycles. The Balaban J connectivity index is 2.06. The molecule has 17 heteroatoms. The minimum Gasteiger partial charge on any atom is -0.422 e. The molecule has 0 heterocycles. The van der Waals surface area contributed by atoms with Crippen LogP contribution in [0.4, 0.5) is 0 Å². The van der Waals surface area contributed by atoms with Crippen molar-refractivity contribution in [2.24, 2.45) is 0 Å². The van der Waals surface area contributed by atoms with Crippen LogP contribution in [0, 0.1) is 0 Å². The second-order valence-electron chi connectivity index (χ2n) is 10.9. The molecule has 0 atom stereocenters. The molecule has 0 spiro atoms. The van der Waals surface area contributed by atoms with Crippen LogP contribution in [0.2, 0.25) is 0 Å². The van der Waals surface area contributed by atoms with E-state index in [0.717, 1.165) is 0 Å². The van der Waals surface area contributed by atoms with E-state index in [1.165, 1.54) is 0 Å². The van der Waals surface area contributed by atoms with Crippen LogP contribution in [0.25, 0.3) is 0 Å². The van der Waals surface area contributed by atoms with Crippen molar-refractivity contribution in [3.05, 3.63) is 149 Å². The molecule has 3 aromatic rings. The van der Waals surface area contributed by atoms with Crippen LogP contribution in [-0.4, -0.2) is 39.3 Å². The molecule has 0 amide bonds. The third kappa shape index (κ3) is 12.9. The van der Waals surface area contributed by atoms with E-state index in [4.69, 9.17) is 13.6 Å². The number of hydrogen-bond donors (Lipinski definition) is 6. The summed E-state index contributed by atoms with van der Waals surface area (Å²) in [6, 6.07) is 19.3. The Morgan fingerprint density at radius 1 is 0.377 bits per heavy atom. The van der Waals surface area contributed by atoms with Crippen molar-refractivity contribution in [1.29, 1.82) is 0 Å². The van der Waals surface area contributed by atoms with Crippen LogP contribution < -0.4 is 60.0 Å². The van der Waals surface area contributed by atoms with Crippen molar-refractivity contribution in [2.75, 3.05) is 39.3 Å². The van der Waals surface area contributed by atoms with Gasteiger partial charge in [-0.1, -0.05) is 36.5 Å². The summed E-state index contributed by atoms with van der Waals surface area (Å²) in [6.07, 6.45) is 9.34. The fraction of sp³-hybridized carbons (Fsp3) is 0.167. The van der Waals surface area contributed by atoms with Crippen molar-refractivity contribution >= 4 is 46.1 Å². The lowest BCUT2D eigenvalue weighted by Crippen LogP contribution is -2.27. The standard InChI is InChI=1S/C36H48N6O7P4/c1-7-25-37-51(44,38-26-8-2)47-31-13-19-34(20-14-31)50(43,35-21-15-32(16-22-35)48-52(45,39-27-9-3)40-28-10-4)36-23-17-33(18-24-36)49-53(46,41-29-11-5)42-30-12-6/h7-24H,1-6,25-30H2,(H2,37,38,44)(H2,39,40,45)(H2,41,42,46). The van der Waals surface area contributed by atoms with Crippen molar-refractivity contribution < 1.29 is 31.8 Å². The summed E-state index contributed by atoms with van der Waals surface area (Å²) in [5, 5.41) is 18.2. The molecule has 3 aromatic carbocycles. The summed E-state index contributed by atoms with van der Waals surface area (Å²) in [7, 11) is -14.3. The monoisotopic (exact) mass is 800 g/mol. The second kappa shape index (κ2) is 21.2. The molecule has 3 rings (SSSR count). The highest BCUT2D eigenvalue weighted by Gasteiger charge is 2.32. The number of rotatable bonds is 27. The Labute approximate surface area is 312 Å². The Morgan fingerprint density at radius 2 is 0.566 bits per heavy atom. The maximum absolute atomic E-state index is 15.4. The maximum atomic E-state index is 15.4. The normalized spacial score (nSPS) is 11.9. The largest absolute Gasteiger partial charge is 0.422 e. The summed E-state index contributed by atoms with van der Waals surface area (Å²) < 4.78 is 73.2. The zero-order valence-electron chi connectivity index (χ0n) is 29.5. The molecule has 13 nitrogen and oxygen atoms in total. The zero-order valence-corrected chi connectivity index (χ0v) is 33.1. The molecule has 53 heavy (non-hydrogen) atoms. The van der Waals surface area contributed by atoms with Gasteiger partial charge in [-0.3, -0.25) is 0 Å². The molecule has 0 aromatic heterocycles. The summed E-state index contributed by atoms with van der Waals surface area (Å²) in [5.41, 5.74) is 0. The van der Waals surface area contributed by atoms with Crippen molar-refractivity contribution in [3.63, 3.8) is 0 Å². The van der Waals surface area contributed by atoms with E-state index < -0.39 is 30.2 Å². The van der Waals surface area contributed by atoms with Gasteiger partial charge in [-0.15, -0.1) is 39.5 Å². The fourth-order valence-corrected chi connectivity index (χ4v) is 11.3. The topological polar surface area (TPSA) is 168 Å². The highest BCUT2D eigenvalue weighted by molar-refractivity contribution is 7.85. The van der Waals surface area contributed by atoms with Crippen molar-refractivity contribution in [3.8, 4) is 17.2 Å². The van der Waals surface area contributed by atoms with E-state index in [2.05, 4.69) is 70.0 Å². The minimum atomic E-state index is -3.64. The van der Waals surface area contributed by atoms with Gasteiger partial charge in [-0.25, -0.2) is 44.2 Å². The summed E-state index contributed by atoms with van der Waals surface area (Å²) >= 11 is 0. The van der Waals surface area contributed by atoms with Gasteiger partial charge in [0.2, 0.25) is 0 Å². The Hall–Kier alpha value is -3.82. The van der Waals surface area contributed by atoms with Gasteiger partial charge in [0, 0.05) is 55.2 Å². The SMILES string of the molecule is C=CCNP(=O)(NCC=C)Oc1ccc(P(=O)(c2ccc(OP(=O)(NCC=C)NCC=C)cc2)c2ccc(OP(=O)(NCC=C)NCC=C)cc2)cc1. The van der Waals surface area contributed by atoms with Crippen LogP contribution in [-0.2, 0) is 18.3 Å². The van der Waals surface area contributed by atoms with Crippen LogP contribution in [0.1, 0.15) is 0 Å². The van der Waals surface area contributed by atoms with Crippen LogP contribution in [0.15, 0.2) is 149 Å². The van der Waals surface area contributed by atoms with Gasteiger partial charge in [-0.05, 0) is 72.8 Å². The lowest BCUT2D eigenvalue weighted by molar-refractivity contribution is 0.456. The molecular formula is C36H48N6O7P4. The van der Waals surface area contributed by atoms with E-state index in [0.29, 0.717) is 15.9 Å². The third-order valence-corrected chi connectivity index (χ3v) is 15.0. The van der Waals surface area contributed by atoms with E-state index in [-0.39, 0.29) is 56.5 Å². The van der Waals surface area contributed by atoms with E-state index in [1.807, 2.05) is 0 Å². The molecule has 0 aliphatic rings. The number of benzene rings is 3. The fourth-order valence-electron chi connectivity index (χ4n) is 4.51. The zero-order chi connectivity index (χ0) is 38.8. The smallest absolute Gasteiger partial charge is 0.391 e. The first-order valence-electron chi connectivity index (χ1n) is 16.4. The van der Waals surface area contributed by atoms with E-state index in [1.54, 1.807) is 109 Å². The van der Waals surface area contributed by atoms with Gasteiger partial charge in [0.15, 0.2) is 7.14 Å². The van der Waals surface area contributed by atoms with Gasteiger partial charge >= 0.3 is 23.0 Å². The van der Waals surface area contributed by atoms with Crippen molar-refractivity contribution in [2.45, 2.75) is 0 Å². The van der Waals surface area contributed by atoms with Gasteiger partial charge in [0.1, 0.15) is 17.2 Å². The first-order valence-corrected chi connectivity index (χ1v) is 23.0. The molecule has 0 bridgehead atoms. The lowest BCUT2D eigenvalue weighted by Gasteiger charge is -2.24. The Kier molecular flexibility index (Phi) is 17.4. The molecular weight excluding hydrogens is 752 g/mol. The van der Waals surface area contributed by atoms with Gasteiger partial charge in [0.05, 0.1) is 0 Å². The molecule has 0 aliphatic carbocycles. The van der Waals surface area contributed by atoms with Crippen molar-refractivity contribution in [1.82, 2.24) is 30.5 Å². The van der Waals surface area contributed by atoms with E-state index in [9.17, 15) is 13.7 Å². The minimum absolute atomic E-state index is 0.225. The second-order valence-corrected chi connectivity index (χ2v) is 19.4. The predicted molar refractivity (Wildman–Crippen MR) is 220 cm³/mol. The number of hydrogen-bond acceptors (Lipinski definition) is 7. The lowest BCUT2D eigenvalue weighted by atomic mass is 10.3. The highest BCUT2D eigenvalue weighted by atomic mass is 31.2. The molecule has 0 radical (unpaired) electrons. The first-order chi connectivity index (χ1) is 25.4. The van der Waals surface area contributed by atoms with E-state index >= 15 is 4.57 Å². The summed E-state index contributed by atoms with van der Waals surface area (Å²) in [5.74, 6) is 0.775. The van der Waals surface area contributed by atoms with Gasteiger partial charge in [0.25, 0.3) is 0 Å². The van der Waals surface area contributed by atoms with Crippen LogP contribution in [0.3, 0.4) is 0 Å². The Bertz CT molecular complexity index is 1640. The first kappa shape index (κ1) is 43.6. The molecule has 0 fully saturated rings. The molecule has 6 N–H and O–H groups in total. The highest BCUT2D eigenvalue weighted by Crippen LogP contribution is 2.46. The predicted octanol–water partition coefficient (Wildman–Crippen LogP) is 6.44. The third-order valence-electron chi connectivity index (χ3n) is 6.97. The molecule has 0 unspecified atom stereocenters. The molecule has 0 aliphatic heterocycles. The van der Waals surface area contributed by atoms with Gasteiger partial charge < -0.3 is 18.1 Å². The molecule has 284 valence electrons. The average molecular weight is 801 g/mol. The van der Waals surface area contributed by atoms with Crippen LogP contribution in [0.5, 0.6) is 17.2 Å².